The quantitative estimate of drug-likeness (QED) is 0.380. The van der Waals surface area contributed by atoms with Gasteiger partial charge in [0.15, 0.2) is 11.5 Å². The van der Waals surface area contributed by atoms with Gasteiger partial charge in [-0.2, -0.15) is 4.98 Å². The van der Waals surface area contributed by atoms with Crippen LogP contribution in [0.25, 0.3) is 6.08 Å². The zero-order valence-corrected chi connectivity index (χ0v) is 18.0. The van der Waals surface area contributed by atoms with Crippen LogP contribution < -0.4 is 30.2 Å². The molecule has 3 N–H and O–H groups in total. The van der Waals surface area contributed by atoms with Gasteiger partial charge < -0.3 is 30.2 Å². The maximum Gasteiger partial charge on any atom is 0.244 e. The van der Waals surface area contributed by atoms with Crippen LogP contribution in [-0.4, -0.2) is 56.8 Å². The van der Waals surface area contributed by atoms with Crippen LogP contribution in [0.4, 0.5) is 11.8 Å². The SMILES string of the molecule is CCNc1nc(C)cc(NCCNC(=O)/C=C/c2cc(OC)c(OC)c(OC)c2)n1. The highest BCUT2D eigenvalue weighted by molar-refractivity contribution is 5.91. The monoisotopic (exact) mass is 415 g/mol. The van der Waals surface area contributed by atoms with Crippen LogP contribution in [0.5, 0.6) is 17.2 Å². The van der Waals surface area contributed by atoms with Crippen molar-refractivity contribution in [2.45, 2.75) is 13.8 Å². The molecular formula is C21H29N5O4. The van der Waals surface area contributed by atoms with E-state index in [1.165, 1.54) is 6.08 Å². The Bertz CT molecular complexity index is 861. The van der Waals surface area contributed by atoms with Gasteiger partial charge in [-0.15, -0.1) is 0 Å². The number of hydrogen-bond acceptors (Lipinski definition) is 8. The van der Waals surface area contributed by atoms with Crippen molar-refractivity contribution >= 4 is 23.7 Å². The summed E-state index contributed by atoms with van der Waals surface area (Å²) in [6.45, 7) is 5.62. The van der Waals surface area contributed by atoms with Gasteiger partial charge in [-0.3, -0.25) is 4.79 Å². The van der Waals surface area contributed by atoms with Crippen molar-refractivity contribution in [3.63, 3.8) is 0 Å². The van der Waals surface area contributed by atoms with E-state index in [1.54, 1.807) is 39.5 Å². The van der Waals surface area contributed by atoms with Gasteiger partial charge in [-0.25, -0.2) is 4.98 Å². The highest BCUT2D eigenvalue weighted by Crippen LogP contribution is 2.38. The molecule has 0 radical (unpaired) electrons. The average Bonchev–Trinajstić information content (AvgIpc) is 2.74. The first kappa shape index (κ1) is 22.8. The molecule has 0 saturated carbocycles. The summed E-state index contributed by atoms with van der Waals surface area (Å²) >= 11 is 0. The van der Waals surface area contributed by atoms with Crippen molar-refractivity contribution in [2.24, 2.45) is 0 Å². The zero-order valence-electron chi connectivity index (χ0n) is 18.0. The molecule has 162 valence electrons. The van der Waals surface area contributed by atoms with Gasteiger partial charge >= 0.3 is 0 Å². The molecule has 0 atom stereocenters. The number of benzene rings is 1. The molecule has 1 aromatic carbocycles. The molecule has 1 aromatic heterocycles. The molecule has 0 aliphatic heterocycles. The second kappa shape index (κ2) is 11.5. The van der Waals surface area contributed by atoms with Gasteiger partial charge in [-0.1, -0.05) is 0 Å². The van der Waals surface area contributed by atoms with Crippen molar-refractivity contribution in [1.29, 1.82) is 0 Å². The molecular weight excluding hydrogens is 386 g/mol. The molecule has 0 aliphatic rings. The number of hydrogen-bond donors (Lipinski definition) is 3. The fourth-order valence-corrected chi connectivity index (χ4v) is 2.70. The van der Waals surface area contributed by atoms with Gasteiger partial charge in [0.25, 0.3) is 0 Å². The van der Waals surface area contributed by atoms with Gasteiger partial charge in [0.1, 0.15) is 5.82 Å². The third kappa shape index (κ3) is 6.54. The Morgan fingerprint density at radius 1 is 1.00 bits per heavy atom. The highest BCUT2D eigenvalue weighted by Gasteiger charge is 2.12. The predicted molar refractivity (Wildman–Crippen MR) is 118 cm³/mol. The first-order valence-electron chi connectivity index (χ1n) is 9.60. The number of carbonyl (C=O) groups excluding carboxylic acids is 1. The molecule has 0 unspecified atom stereocenters. The Morgan fingerprint density at radius 2 is 1.70 bits per heavy atom. The molecule has 0 spiro atoms. The van der Waals surface area contributed by atoms with E-state index in [1.807, 2.05) is 19.9 Å². The normalized spacial score (nSPS) is 10.6. The first-order valence-corrected chi connectivity index (χ1v) is 9.60. The molecule has 1 amide bonds. The Kier molecular flexibility index (Phi) is 8.74. The third-order valence-electron chi connectivity index (χ3n) is 4.03. The lowest BCUT2D eigenvalue weighted by molar-refractivity contribution is -0.116. The van der Waals surface area contributed by atoms with E-state index in [0.29, 0.717) is 42.1 Å². The maximum atomic E-state index is 12.1. The topological polar surface area (TPSA) is 107 Å². The molecule has 0 saturated heterocycles. The van der Waals surface area contributed by atoms with Gasteiger partial charge in [-0.05, 0) is 37.6 Å². The number of ether oxygens (including phenoxy) is 3. The fourth-order valence-electron chi connectivity index (χ4n) is 2.70. The number of methoxy groups -OCH3 is 3. The van der Waals surface area contributed by atoms with Crippen LogP contribution in [0.1, 0.15) is 18.2 Å². The van der Waals surface area contributed by atoms with Crippen molar-refractivity contribution in [2.75, 3.05) is 51.6 Å². The minimum atomic E-state index is -0.210. The molecule has 30 heavy (non-hydrogen) atoms. The van der Waals surface area contributed by atoms with Gasteiger partial charge in [0, 0.05) is 37.5 Å². The number of amides is 1. The van der Waals surface area contributed by atoms with E-state index in [9.17, 15) is 4.79 Å². The smallest absolute Gasteiger partial charge is 0.244 e. The van der Waals surface area contributed by atoms with Crippen LogP contribution in [0.15, 0.2) is 24.3 Å². The van der Waals surface area contributed by atoms with E-state index in [0.717, 1.165) is 17.8 Å². The number of carbonyl (C=O) groups is 1. The van der Waals surface area contributed by atoms with Gasteiger partial charge in [0.05, 0.1) is 21.3 Å². The summed E-state index contributed by atoms with van der Waals surface area (Å²) in [7, 11) is 4.64. The summed E-state index contributed by atoms with van der Waals surface area (Å²) < 4.78 is 15.9. The van der Waals surface area contributed by atoms with Crippen molar-refractivity contribution in [3.8, 4) is 17.2 Å². The fraction of sp³-hybridized carbons (Fsp3) is 0.381. The number of aromatic nitrogens is 2. The Morgan fingerprint density at radius 3 is 2.30 bits per heavy atom. The Balaban J connectivity index is 1.88. The number of nitrogens with one attached hydrogen (secondary N) is 3. The number of nitrogens with zero attached hydrogens (tertiary/aromatic N) is 2. The lowest BCUT2D eigenvalue weighted by atomic mass is 10.1. The van der Waals surface area contributed by atoms with E-state index < -0.39 is 0 Å². The number of anilines is 2. The van der Waals surface area contributed by atoms with Crippen LogP contribution >= 0.6 is 0 Å². The van der Waals surface area contributed by atoms with Crippen LogP contribution in [0.3, 0.4) is 0 Å². The Hall–Kier alpha value is -3.49. The van der Waals surface area contributed by atoms with E-state index in [4.69, 9.17) is 14.2 Å². The Labute approximate surface area is 176 Å². The molecule has 2 rings (SSSR count). The molecule has 0 bridgehead atoms. The standard InChI is InChI=1S/C21H29N5O4/c1-6-22-21-25-14(2)11-18(26-21)23-9-10-24-19(27)8-7-15-12-16(28-3)20(30-5)17(13-15)29-4/h7-8,11-13H,6,9-10H2,1-5H3,(H,24,27)(H2,22,23,25,26)/b8-7+. The highest BCUT2D eigenvalue weighted by atomic mass is 16.5. The molecule has 0 fully saturated rings. The number of aryl methyl sites for hydroxylation is 1. The van der Waals surface area contributed by atoms with E-state index in [-0.39, 0.29) is 5.91 Å². The van der Waals surface area contributed by atoms with Crippen LogP contribution in [0, 0.1) is 6.92 Å². The predicted octanol–water partition coefficient (Wildman–Crippen LogP) is 2.48. The minimum absolute atomic E-state index is 0.210. The van der Waals surface area contributed by atoms with Crippen LogP contribution in [-0.2, 0) is 4.79 Å². The number of rotatable bonds is 11. The summed E-state index contributed by atoms with van der Waals surface area (Å²) in [6.07, 6.45) is 3.14. The average molecular weight is 415 g/mol. The summed E-state index contributed by atoms with van der Waals surface area (Å²) in [6, 6.07) is 5.39. The third-order valence-corrected chi connectivity index (χ3v) is 4.03. The van der Waals surface area contributed by atoms with Crippen LogP contribution in [0.2, 0.25) is 0 Å². The largest absolute Gasteiger partial charge is 0.493 e. The van der Waals surface area contributed by atoms with Gasteiger partial charge in [0.2, 0.25) is 17.6 Å². The summed E-state index contributed by atoms with van der Waals surface area (Å²) in [5, 5.41) is 9.09. The molecule has 1 heterocycles. The summed E-state index contributed by atoms with van der Waals surface area (Å²) in [5.74, 6) is 2.64. The molecule has 9 nitrogen and oxygen atoms in total. The summed E-state index contributed by atoms with van der Waals surface area (Å²) in [5.41, 5.74) is 1.62. The molecule has 2 aromatic rings. The lowest BCUT2D eigenvalue weighted by Gasteiger charge is -2.12. The van der Waals surface area contributed by atoms with E-state index >= 15 is 0 Å². The van der Waals surface area contributed by atoms with Crippen molar-refractivity contribution < 1.29 is 19.0 Å². The first-order chi connectivity index (χ1) is 14.5. The van der Waals surface area contributed by atoms with E-state index in [2.05, 4.69) is 25.9 Å². The lowest BCUT2D eigenvalue weighted by Crippen LogP contribution is -2.27. The van der Waals surface area contributed by atoms with Crippen molar-refractivity contribution in [3.05, 3.63) is 35.5 Å². The zero-order chi connectivity index (χ0) is 21.9. The second-order valence-electron chi connectivity index (χ2n) is 6.26. The molecule has 9 heteroatoms. The minimum Gasteiger partial charge on any atom is -0.493 e. The maximum absolute atomic E-state index is 12.1. The molecule has 0 aliphatic carbocycles. The second-order valence-corrected chi connectivity index (χ2v) is 6.26. The summed E-state index contributed by atoms with van der Waals surface area (Å²) in [4.78, 5) is 20.8. The van der Waals surface area contributed by atoms with Crippen molar-refractivity contribution in [1.82, 2.24) is 15.3 Å².